The van der Waals surface area contributed by atoms with Gasteiger partial charge in [0.05, 0.1) is 12.8 Å². The molecule has 1 aromatic heterocycles. The molecule has 3 nitrogen and oxygen atoms in total. The van der Waals surface area contributed by atoms with Crippen LogP contribution in [-0.2, 0) is 19.4 Å². The van der Waals surface area contributed by atoms with Gasteiger partial charge in [0.1, 0.15) is 5.76 Å². The second-order valence-corrected chi connectivity index (χ2v) is 5.49. The van der Waals surface area contributed by atoms with Gasteiger partial charge in [-0.05, 0) is 43.1 Å². The van der Waals surface area contributed by atoms with Gasteiger partial charge in [-0.25, -0.2) is 0 Å². The Morgan fingerprint density at radius 3 is 2.37 bits per heavy atom. The summed E-state index contributed by atoms with van der Waals surface area (Å²) in [4.78, 5) is 2.34. The van der Waals surface area contributed by atoms with E-state index in [1.807, 2.05) is 12.1 Å². The fraction of sp³-hybridized carbons (Fsp3) is 0.375. The van der Waals surface area contributed by atoms with Gasteiger partial charge in [0, 0.05) is 12.1 Å². The second kappa shape index (κ2) is 4.83. The third-order valence-electron chi connectivity index (χ3n) is 4.32. The minimum Gasteiger partial charge on any atom is -0.468 e. The number of furan rings is 1. The highest BCUT2D eigenvalue weighted by atomic mass is 16.3. The summed E-state index contributed by atoms with van der Waals surface area (Å²) in [6, 6.07) is 12.6. The normalized spacial score (nSPS) is 16.8. The highest BCUT2D eigenvalue weighted by molar-refractivity contribution is 5.36. The molecule has 3 rings (SSSR count). The van der Waals surface area contributed by atoms with Crippen LogP contribution in [0.25, 0.3) is 0 Å². The van der Waals surface area contributed by atoms with Crippen molar-refractivity contribution >= 4 is 0 Å². The van der Waals surface area contributed by atoms with Gasteiger partial charge in [-0.2, -0.15) is 0 Å². The standard InChI is InChI=1S/C16H20N2O/c1-18(11-15-7-4-8-19-15)16(12-17)9-13-5-2-3-6-14(13)10-16/h2-8H,9-12,17H2,1H3. The maximum atomic E-state index is 6.11. The summed E-state index contributed by atoms with van der Waals surface area (Å²) in [5.74, 6) is 0.992. The van der Waals surface area contributed by atoms with Crippen LogP contribution in [0.2, 0.25) is 0 Å². The summed E-state index contributed by atoms with van der Waals surface area (Å²) >= 11 is 0. The van der Waals surface area contributed by atoms with Gasteiger partial charge in [-0.1, -0.05) is 24.3 Å². The molecule has 0 amide bonds. The molecule has 0 aliphatic heterocycles. The van der Waals surface area contributed by atoms with Gasteiger partial charge in [0.2, 0.25) is 0 Å². The molecule has 0 bridgehead atoms. The molecule has 0 fully saturated rings. The third-order valence-corrected chi connectivity index (χ3v) is 4.32. The van der Waals surface area contributed by atoms with E-state index < -0.39 is 0 Å². The first-order valence-corrected chi connectivity index (χ1v) is 6.74. The van der Waals surface area contributed by atoms with E-state index in [1.165, 1.54) is 11.1 Å². The number of rotatable bonds is 4. The van der Waals surface area contributed by atoms with Crippen molar-refractivity contribution in [2.24, 2.45) is 5.73 Å². The molecular weight excluding hydrogens is 236 g/mol. The Labute approximate surface area is 114 Å². The number of hydrogen-bond acceptors (Lipinski definition) is 3. The Morgan fingerprint density at radius 1 is 1.16 bits per heavy atom. The van der Waals surface area contributed by atoms with Gasteiger partial charge in [-0.15, -0.1) is 0 Å². The lowest BCUT2D eigenvalue weighted by molar-refractivity contribution is 0.118. The van der Waals surface area contributed by atoms with Crippen molar-refractivity contribution in [1.29, 1.82) is 0 Å². The van der Waals surface area contributed by atoms with Crippen molar-refractivity contribution in [3.63, 3.8) is 0 Å². The van der Waals surface area contributed by atoms with Crippen LogP contribution in [0.4, 0.5) is 0 Å². The Bertz CT molecular complexity index is 523. The van der Waals surface area contributed by atoms with Gasteiger partial charge >= 0.3 is 0 Å². The lowest BCUT2D eigenvalue weighted by Gasteiger charge is -2.37. The highest BCUT2D eigenvalue weighted by Gasteiger charge is 2.39. The van der Waals surface area contributed by atoms with Crippen molar-refractivity contribution in [3.8, 4) is 0 Å². The number of nitrogens with two attached hydrogens (primary N) is 1. The van der Waals surface area contributed by atoms with Crippen molar-refractivity contribution in [3.05, 3.63) is 59.5 Å². The second-order valence-electron chi connectivity index (χ2n) is 5.49. The van der Waals surface area contributed by atoms with E-state index in [2.05, 4.69) is 36.2 Å². The van der Waals surface area contributed by atoms with E-state index in [-0.39, 0.29) is 5.54 Å². The SMILES string of the molecule is CN(Cc1ccco1)C1(CN)Cc2ccccc2C1. The smallest absolute Gasteiger partial charge is 0.117 e. The molecule has 0 atom stereocenters. The zero-order valence-electron chi connectivity index (χ0n) is 11.3. The fourth-order valence-corrected chi connectivity index (χ4v) is 3.05. The first-order valence-electron chi connectivity index (χ1n) is 6.74. The van der Waals surface area contributed by atoms with Gasteiger partial charge in [0.25, 0.3) is 0 Å². The molecular formula is C16H20N2O. The monoisotopic (exact) mass is 256 g/mol. The molecule has 2 aromatic rings. The molecule has 100 valence electrons. The Balaban J connectivity index is 1.82. The first kappa shape index (κ1) is 12.5. The molecule has 19 heavy (non-hydrogen) atoms. The van der Waals surface area contributed by atoms with E-state index in [0.717, 1.165) is 25.1 Å². The zero-order chi connectivity index (χ0) is 13.3. The van der Waals surface area contributed by atoms with Crippen LogP contribution in [0.5, 0.6) is 0 Å². The van der Waals surface area contributed by atoms with Crippen molar-refractivity contribution in [1.82, 2.24) is 4.90 Å². The number of likely N-dealkylation sites (N-methyl/N-ethyl adjacent to an activating group) is 1. The van der Waals surface area contributed by atoms with E-state index in [0.29, 0.717) is 6.54 Å². The zero-order valence-corrected chi connectivity index (χ0v) is 11.3. The first-order chi connectivity index (χ1) is 9.23. The Morgan fingerprint density at radius 2 is 1.84 bits per heavy atom. The number of hydrogen-bond donors (Lipinski definition) is 1. The summed E-state index contributed by atoms with van der Waals surface area (Å²) in [6.07, 6.45) is 3.77. The van der Waals surface area contributed by atoms with Gasteiger partial charge < -0.3 is 10.2 Å². The maximum Gasteiger partial charge on any atom is 0.117 e. The predicted octanol–water partition coefficient (Wildman–Crippen LogP) is 2.21. The van der Waals surface area contributed by atoms with E-state index in [1.54, 1.807) is 6.26 Å². The fourth-order valence-electron chi connectivity index (χ4n) is 3.05. The molecule has 2 N–H and O–H groups in total. The molecule has 0 radical (unpaired) electrons. The predicted molar refractivity (Wildman–Crippen MR) is 75.8 cm³/mol. The number of nitrogens with zero attached hydrogens (tertiary/aromatic N) is 1. The summed E-state index contributed by atoms with van der Waals surface area (Å²) in [6.45, 7) is 1.47. The van der Waals surface area contributed by atoms with Gasteiger partial charge in [0.15, 0.2) is 0 Å². The van der Waals surface area contributed by atoms with Crippen LogP contribution >= 0.6 is 0 Å². The molecule has 0 spiro atoms. The molecule has 3 heteroatoms. The average molecular weight is 256 g/mol. The Hall–Kier alpha value is -1.58. The lowest BCUT2D eigenvalue weighted by atomic mass is 9.93. The highest BCUT2D eigenvalue weighted by Crippen LogP contribution is 2.34. The maximum absolute atomic E-state index is 6.11. The van der Waals surface area contributed by atoms with Gasteiger partial charge in [-0.3, -0.25) is 4.90 Å². The van der Waals surface area contributed by atoms with Crippen LogP contribution < -0.4 is 5.73 Å². The van der Waals surface area contributed by atoms with E-state index in [9.17, 15) is 0 Å². The molecule has 0 unspecified atom stereocenters. The van der Waals surface area contributed by atoms with Crippen molar-refractivity contribution in [2.45, 2.75) is 24.9 Å². The van der Waals surface area contributed by atoms with Crippen molar-refractivity contribution < 1.29 is 4.42 Å². The molecule has 1 aromatic carbocycles. The van der Waals surface area contributed by atoms with Crippen LogP contribution in [0.3, 0.4) is 0 Å². The minimum atomic E-state index is 0.0243. The van der Waals surface area contributed by atoms with Crippen LogP contribution in [0.15, 0.2) is 47.1 Å². The third kappa shape index (κ3) is 2.20. The molecule has 0 saturated carbocycles. The molecule has 0 saturated heterocycles. The molecule has 1 aliphatic carbocycles. The van der Waals surface area contributed by atoms with E-state index >= 15 is 0 Å². The topological polar surface area (TPSA) is 42.4 Å². The summed E-state index contributed by atoms with van der Waals surface area (Å²) in [7, 11) is 2.14. The molecule has 1 aliphatic rings. The summed E-state index contributed by atoms with van der Waals surface area (Å²) < 4.78 is 5.45. The molecule has 1 heterocycles. The van der Waals surface area contributed by atoms with E-state index in [4.69, 9.17) is 10.2 Å². The Kier molecular flexibility index (Phi) is 3.17. The lowest BCUT2D eigenvalue weighted by Crippen LogP contribution is -2.52. The quantitative estimate of drug-likeness (QED) is 0.912. The number of benzene rings is 1. The van der Waals surface area contributed by atoms with Crippen LogP contribution in [-0.4, -0.2) is 24.0 Å². The van der Waals surface area contributed by atoms with Crippen LogP contribution in [0.1, 0.15) is 16.9 Å². The summed E-state index contributed by atoms with van der Waals surface area (Å²) in [5, 5.41) is 0. The van der Waals surface area contributed by atoms with Crippen molar-refractivity contribution in [2.75, 3.05) is 13.6 Å². The average Bonchev–Trinajstić information content (AvgIpc) is 3.05. The van der Waals surface area contributed by atoms with Crippen LogP contribution in [0, 0.1) is 0 Å². The number of fused-ring (bicyclic) bond motifs is 1. The largest absolute Gasteiger partial charge is 0.468 e. The minimum absolute atomic E-state index is 0.0243. The summed E-state index contributed by atoms with van der Waals surface area (Å²) in [5.41, 5.74) is 8.99.